The second kappa shape index (κ2) is 3.49. The van der Waals surface area contributed by atoms with E-state index in [9.17, 15) is 0 Å². The summed E-state index contributed by atoms with van der Waals surface area (Å²) in [6.45, 7) is 1.94. The van der Waals surface area contributed by atoms with Crippen LogP contribution in [0.1, 0.15) is 5.69 Å². The van der Waals surface area contributed by atoms with Gasteiger partial charge in [0, 0.05) is 23.1 Å². The molecule has 0 saturated heterocycles. The monoisotopic (exact) mass is 252 g/mol. The van der Waals surface area contributed by atoms with Crippen molar-refractivity contribution in [2.24, 2.45) is 0 Å². The molecule has 0 radical (unpaired) electrons. The Kier molecular flexibility index (Phi) is 2.33. The van der Waals surface area contributed by atoms with E-state index in [2.05, 4.69) is 36.2 Å². The van der Waals surface area contributed by atoms with Crippen LogP contribution in [0.3, 0.4) is 0 Å². The molecule has 2 heterocycles. The van der Waals surface area contributed by atoms with Crippen molar-refractivity contribution in [1.82, 2.24) is 15.0 Å². The summed E-state index contributed by atoms with van der Waals surface area (Å²) < 4.78 is 0.978. The number of rotatable bonds is 1. The van der Waals surface area contributed by atoms with E-state index in [4.69, 9.17) is 0 Å². The van der Waals surface area contributed by atoms with Crippen LogP contribution < -0.4 is 5.32 Å². The van der Waals surface area contributed by atoms with Crippen LogP contribution in [0.2, 0.25) is 0 Å². The second-order valence-electron chi connectivity index (χ2n) is 2.91. The number of nitrogens with zero attached hydrogens (tertiary/aromatic N) is 3. The Morgan fingerprint density at radius 1 is 1.36 bits per heavy atom. The van der Waals surface area contributed by atoms with Crippen LogP contribution in [0.25, 0.3) is 11.0 Å². The highest BCUT2D eigenvalue weighted by Crippen LogP contribution is 2.19. The number of aromatic nitrogens is 3. The van der Waals surface area contributed by atoms with Crippen LogP contribution in [0.5, 0.6) is 0 Å². The minimum Gasteiger partial charge on any atom is -0.357 e. The molecule has 0 aromatic carbocycles. The number of hydrogen-bond donors (Lipinski definition) is 1. The fraction of sp³-hybridized carbons (Fsp3) is 0.222. The predicted octanol–water partition coefficient (Wildman–Crippen LogP) is 2.14. The van der Waals surface area contributed by atoms with Gasteiger partial charge in [-0.3, -0.25) is 0 Å². The molecule has 2 aromatic heterocycles. The average molecular weight is 253 g/mol. The largest absolute Gasteiger partial charge is 0.357 e. The smallest absolute Gasteiger partial charge is 0.224 e. The van der Waals surface area contributed by atoms with Crippen molar-refractivity contribution in [3.63, 3.8) is 0 Å². The van der Waals surface area contributed by atoms with E-state index in [1.54, 1.807) is 13.2 Å². The third-order valence-corrected chi connectivity index (χ3v) is 2.72. The van der Waals surface area contributed by atoms with Gasteiger partial charge in [0.2, 0.25) is 5.95 Å². The Bertz CT molecular complexity index is 483. The first-order valence-electron chi connectivity index (χ1n) is 4.18. The molecule has 72 valence electrons. The van der Waals surface area contributed by atoms with Crippen LogP contribution in [-0.2, 0) is 0 Å². The Hall–Kier alpha value is -1.23. The van der Waals surface area contributed by atoms with Gasteiger partial charge < -0.3 is 5.32 Å². The number of nitrogens with one attached hydrogen (secondary N) is 1. The zero-order chi connectivity index (χ0) is 10.1. The maximum atomic E-state index is 4.35. The maximum Gasteiger partial charge on any atom is 0.224 e. The SMILES string of the molecule is CNc1ncc2cc(Br)c(C)nc2n1. The zero-order valence-electron chi connectivity index (χ0n) is 7.87. The van der Waals surface area contributed by atoms with Crippen molar-refractivity contribution in [1.29, 1.82) is 0 Å². The van der Waals surface area contributed by atoms with Crippen LogP contribution in [0.15, 0.2) is 16.7 Å². The van der Waals surface area contributed by atoms with Gasteiger partial charge in [-0.1, -0.05) is 0 Å². The van der Waals surface area contributed by atoms with Crippen molar-refractivity contribution in [3.8, 4) is 0 Å². The summed E-state index contributed by atoms with van der Waals surface area (Å²) in [4.78, 5) is 12.7. The summed E-state index contributed by atoms with van der Waals surface area (Å²) in [5.74, 6) is 0.590. The number of pyridine rings is 1. The average Bonchev–Trinajstić information content (AvgIpc) is 2.19. The van der Waals surface area contributed by atoms with Crippen LogP contribution in [0.4, 0.5) is 5.95 Å². The van der Waals surface area contributed by atoms with Crippen molar-refractivity contribution in [2.75, 3.05) is 12.4 Å². The maximum absolute atomic E-state index is 4.35. The summed E-state index contributed by atoms with van der Waals surface area (Å²) in [5, 5.41) is 3.81. The summed E-state index contributed by atoms with van der Waals surface area (Å²) in [7, 11) is 1.78. The lowest BCUT2D eigenvalue weighted by Gasteiger charge is -2.02. The number of aryl methyl sites for hydroxylation is 1. The lowest BCUT2D eigenvalue weighted by molar-refractivity contribution is 1.13. The second-order valence-corrected chi connectivity index (χ2v) is 3.77. The molecule has 1 N–H and O–H groups in total. The lowest BCUT2D eigenvalue weighted by Crippen LogP contribution is -1.97. The number of hydrogen-bond acceptors (Lipinski definition) is 4. The van der Waals surface area contributed by atoms with Crippen molar-refractivity contribution in [2.45, 2.75) is 6.92 Å². The molecule has 2 aromatic rings. The molecule has 5 heteroatoms. The molecule has 0 aliphatic carbocycles. The molecule has 0 bridgehead atoms. The van der Waals surface area contributed by atoms with Gasteiger partial charge in [-0.05, 0) is 28.9 Å². The number of halogens is 1. The highest BCUT2D eigenvalue weighted by molar-refractivity contribution is 9.10. The van der Waals surface area contributed by atoms with E-state index in [1.807, 2.05) is 13.0 Å². The van der Waals surface area contributed by atoms with Gasteiger partial charge in [0.1, 0.15) is 0 Å². The highest BCUT2D eigenvalue weighted by atomic mass is 79.9. The van der Waals surface area contributed by atoms with Gasteiger partial charge in [-0.15, -0.1) is 0 Å². The third kappa shape index (κ3) is 1.55. The molecule has 4 nitrogen and oxygen atoms in total. The third-order valence-electron chi connectivity index (χ3n) is 1.92. The Labute approximate surface area is 89.9 Å². The summed E-state index contributed by atoms with van der Waals surface area (Å²) in [5.41, 5.74) is 1.64. The normalized spacial score (nSPS) is 10.5. The van der Waals surface area contributed by atoms with Gasteiger partial charge in [-0.2, -0.15) is 4.98 Å². The van der Waals surface area contributed by atoms with Crippen LogP contribution in [-0.4, -0.2) is 22.0 Å². The number of anilines is 1. The molecular weight excluding hydrogens is 244 g/mol. The zero-order valence-corrected chi connectivity index (χ0v) is 9.46. The summed E-state index contributed by atoms with van der Waals surface area (Å²) in [6, 6.07) is 1.97. The van der Waals surface area contributed by atoms with E-state index in [1.165, 1.54) is 0 Å². The quantitative estimate of drug-likeness (QED) is 0.845. The van der Waals surface area contributed by atoms with Gasteiger partial charge in [0.15, 0.2) is 5.65 Å². The first-order chi connectivity index (χ1) is 6.70. The molecule has 0 aliphatic rings. The molecule has 0 fully saturated rings. The first-order valence-corrected chi connectivity index (χ1v) is 4.97. The van der Waals surface area contributed by atoms with E-state index in [0.29, 0.717) is 11.6 Å². The van der Waals surface area contributed by atoms with Gasteiger partial charge in [0.05, 0.1) is 5.69 Å². The predicted molar refractivity (Wildman–Crippen MR) is 59.3 cm³/mol. The highest BCUT2D eigenvalue weighted by Gasteiger charge is 2.03. The molecule has 2 rings (SSSR count). The summed E-state index contributed by atoms with van der Waals surface area (Å²) in [6.07, 6.45) is 1.76. The molecule has 0 amide bonds. The Balaban J connectivity index is 2.70. The van der Waals surface area contributed by atoms with Gasteiger partial charge >= 0.3 is 0 Å². The van der Waals surface area contributed by atoms with Crippen LogP contribution in [0, 0.1) is 6.92 Å². The standard InChI is InChI=1S/C9H9BrN4/c1-5-7(10)3-6-4-12-9(11-2)14-8(6)13-5/h3-4H,1-2H3,(H,11,12,13,14). The van der Waals surface area contributed by atoms with E-state index in [0.717, 1.165) is 15.6 Å². The Morgan fingerprint density at radius 3 is 2.86 bits per heavy atom. The van der Waals surface area contributed by atoms with Crippen molar-refractivity contribution in [3.05, 3.63) is 22.4 Å². The topological polar surface area (TPSA) is 50.7 Å². The van der Waals surface area contributed by atoms with E-state index in [-0.39, 0.29) is 0 Å². The molecule has 0 saturated carbocycles. The molecule has 14 heavy (non-hydrogen) atoms. The minimum atomic E-state index is 0.590. The molecule has 0 aliphatic heterocycles. The summed E-state index contributed by atoms with van der Waals surface area (Å²) >= 11 is 3.42. The lowest BCUT2D eigenvalue weighted by atomic mass is 10.3. The van der Waals surface area contributed by atoms with E-state index < -0.39 is 0 Å². The first kappa shape index (κ1) is 9.33. The minimum absolute atomic E-state index is 0.590. The molecule has 0 spiro atoms. The van der Waals surface area contributed by atoms with Crippen LogP contribution >= 0.6 is 15.9 Å². The molecular formula is C9H9BrN4. The van der Waals surface area contributed by atoms with Crippen molar-refractivity contribution < 1.29 is 0 Å². The van der Waals surface area contributed by atoms with Crippen molar-refractivity contribution >= 4 is 32.9 Å². The Morgan fingerprint density at radius 2 is 2.14 bits per heavy atom. The van der Waals surface area contributed by atoms with Gasteiger partial charge in [-0.25, -0.2) is 9.97 Å². The fourth-order valence-electron chi connectivity index (χ4n) is 1.15. The fourth-order valence-corrected chi connectivity index (χ4v) is 1.48. The molecule has 0 atom stereocenters. The van der Waals surface area contributed by atoms with E-state index >= 15 is 0 Å². The van der Waals surface area contributed by atoms with Gasteiger partial charge in [0.25, 0.3) is 0 Å². The number of fused-ring (bicyclic) bond motifs is 1. The molecule has 0 unspecified atom stereocenters.